The van der Waals surface area contributed by atoms with E-state index >= 15 is 0 Å². The van der Waals surface area contributed by atoms with Gasteiger partial charge in [-0.15, -0.1) is 0 Å². The second-order valence-electron chi connectivity index (χ2n) is 11.2. The van der Waals surface area contributed by atoms with Crippen LogP contribution in [0.25, 0.3) is 0 Å². The smallest absolute Gasteiger partial charge is 0.328 e. The monoisotopic (exact) mass is 690 g/mol. The number of rotatable bonds is 22. The molecule has 21 nitrogen and oxygen atoms in total. The fraction of sp³-hybridized carbons (Fsp3) is 0.667. The lowest BCUT2D eigenvalue weighted by atomic mass is 10.0. The maximum Gasteiger partial charge on any atom is 0.328 e. The van der Waals surface area contributed by atoms with Crippen molar-refractivity contribution in [3.8, 4) is 0 Å². The molecule has 0 unspecified atom stereocenters. The third-order valence-corrected chi connectivity index (χ3v) is 6.50. The van der Waals surface area contributed by atoms with Crippen LogP contribution in [-0.4, -0.2) is 129 Å². The molecule has 0 aliphatic rings. The maximum absolute atomic E-state index is 13.2. The zero-order valence-electron chi connectivity index (χ0n) is 27.0. The third kappa shape index (κ3) is 16.1. The van der Waals surface area contributed by atoms with Crippen molar-refractivity contribution in [2.24, 2.45) is 17.4 Å². The Bertz CT molecular complexity index is 1200. The van der Waals surface area contributed by atoms with Crippen LogP contribution in [0.3, 0.4) is 0 Å². The Kier molecular flexibility index (Phi) is 18.9. The van der Waals surface area contributed by atoms with Gasteiger partial charge in [0, 0.05) is 6.42 Å². The summed E-state index contributed by atoms with van der Waals surface area (Å²) in [6.07, 6.45) is -1.41. The van der Waals surface area contributed by atoms with E-state index in [1.165, 1.54) is 13.8 Å². The molecule has 0 saturated carbocycles. The van der Waals surface area contributed by atoms with Crippen LogP contribution in [0.1, 0.15) is 53.4 Å². The molecule has 0 aromatic heterocycles. The predicted molar refractivity (Wildman–Crippen MR) is 163 cm³/mol. The Morgan fingerprint density at radius 1 is 0.583 bits per heavy atom. The van der Waals surface area contributed by atoms with Gasteiger partial charge in [-0.25, -0.2) is 4.79 Å². The molecule has 0 aromatic rings. The van der Waals surface area contributed by atoms with Crippen molar-refractivity contribution < 1.29 is 63.6 Å². The third-order valence-electron chi connectivity index (χ3n) is 6.50. The van der Waals surface area contributed by atoms with E-state index in [0.717, 1.165) is 0 Å². The Labute approximate surface area is 275 Å². The molecule has 0 aromatic carbocycles. The number of carboxylic acid groups (broad SMARTS) is 2. The van der Waals surface area contributed by atoms with E-state index in [9.17, 15) is 53.4 Å². The Morgan fingerprint density at radius 2 is 1.00 bits per heavy atom. The number of aliphatic hydroxyl groups excluding tert-OH is 2. The van der Waals surface area contributed by atoms with E-state index in [2.05, 4.69) is 26.6 Å². The standard InChI is InChI=1S/C27H46N8O13/c1-11(2)7-16(25(45)32-15(5-6-19(29)38)24(44)35-18(10-37)27(47)48)33-21(41)13(4)31-26(46)17(9-36)34-22(42)12(3)30-23(43)14(28)8-20(39)40/h11-18,36-37H,5-10,28H2,1-4H3,(H2,29,38)(H,30,43)(H,31,46)(H,32,45)(H,33,41)(H,34,42)(H,35,44)(H,39,40)(H,47,48)/t12-,13-,14-,15-,16-,17-,18-/m0/s1. The number of aliphatic carboxylic acids is 2. The number of primary amides is 1. The summed E-state index contributed by atoms with van der Waals surface area (Å²) >= 11 is 0. The minimum Gasteiger partial charge on any atom is -0.481 e. The molecule has 0 bridgehead atoms. The highest BCUT2D eigenvalue weighted by Gasteiger charge is 2.32. The van der Waals surface area contributed by atoms with E-state index in [0.29, 0.717) is 0 Å². The van der Waals surface area contributed by atoms with Gasteiger partial charge in [0.2, 0.25) is 41.4 Å². The molecule has 0 spiro atoms. The predicted octanol–water partition coefficient (Wildman–Crippen LogP) is -5.88. The minimum atomic E-state index is -1.71. The molecule has 14 N–H and O–H groups in total. The Morgan fingerprint density at radius 3 is 1.44 bits per heavy atom. The summed E-state index contributed by atoms with van der Waals surface area (Å²) in [4.78, 5) is 109. The summed E-state index contributed by atoms with van der Waals surface area (Å²) in [6, 6.07) is -10.2. The zero-order chi connectivity index (χ0) is 37.3. The average molecular weight is 691 g/mol. The molecule has 7 amide bonds. The highest BCUT2D eigenvalue weighted by Crippen LogP contribution is 2.08. The van der Waals surface area contributed by atoms with Crippen LogP contribution in [0.5, 0.6) is 0 Å². The summed E-state index contributed by atoms with van der Waals surface area (Å²) in [5, 5.41) is 50.1. The van der Waals surface area contributed by atoms with Crippen molar-refractivity contribution in [3.63, 3.8) is 0 Å². The first-order valence-electron chi connectivity index (χ1n) is 14.8. The number of hydrogen-bond donors (Lipinski definition) is 12. The van der Waals surface area contributed by atoms with Crippen LogP contribution in [0.2, 0.25) is 0 Å². The maximum atomic E-state index is 13.2. The molecule has 0 aliphatic heterocycles. The normalized spacial score (nSPS) is 15.2. The highest BCUT2D eigenvalue weighted by atomic mass is 16.4. The SMILES string of the molecule is CC(C)C[C@H](NC(=O)[C@H](C)NC(=O)[C@H](CO)NC(=O)[C@H](C)NC(=O)[C@@H](N)CC(=O)O)C(=O)N[C@@H](CCC(N)=O)C(=O)N[C@@H](CO)C(=O)O. The van der Waals surface area contributed by atoms with Gasteiger partial charge in [-0.2, -0.15) is 0 Å². The van der Waals surface area contributed by atoms with Gasteiger partial charge in [-0.1, -0.05) is 13.8 Å². The lowest BCUT2D eigenvalue weighted by Crippen LogP contribution is -2.59. The van der Waals surface area contributed by atoms with Gasteiger partial charge in [0.15, 0.2) is 0 Å². The van der Waals surface area contributed by atoms with Gasteiger partial charge >= 0.3 is 11.9 Å². The molecule has 48 heavy (non-hydrogen) atoms. The largest absolute Gasteiger partial charge is 0.481 e. The second-order valence-corrected chi connectivity index (χ2v) is 11.2. The minimum absolute atomic E-state index is 0.0197. The number of carbonyl (C=O) groups excluding carboxylic acids is 7. The van der Waals surface area contributed by atoms with Crippen LogP contribution in [0.4, 0.5) is 0 Å². The number of hydrogen-bond acceptors (Lipinski definition) is 12. The van der Waals surface area contributed by atoms with Gasteiger partial charge in [-0.3, -0.25) is 38.4 Å². The Balaban J connectivity index is 5.57. The molecule has 0 saturated heterocycles. The summed E-state index contributed by atoms with van der Waals surface area (Å²) < 4.78 is 0. The van der Waals surface area contributed by atoms with Crippen molar-refractivity contribution in [2.75, 3.05) is 13.2 Å². The fourth-order valence-electron chi connectivity index (χ4n) is 3.82. The lowest BCUT2D eigenvalue weighted by molar-refractivity contribution is -0.143. The van der Waals surface area contributed by atoms with Gasteiger partial charge in [-0.05, 0) is 32.6 Å². The van der Waals surface area contributed by atoms with Crippen molar-refractivity contribution in [2.45, 2.75) is 95.7 Å². The van der Waals surface area contributed by atoms with Gasteiger partial charge in [0.25, 0.3) is 0 Å². The molecule has 21 heteroatoms. The van der Waals surface area contributed by atoms with E-state index in [-0.39, 0.29) is 25.2 Å². The fourth-order valence-corrected chi connectivity index (χ4v) is 3.82. The van der Waals surface area contributed by atoms with Gasteiger partial charge in [0.05, 0.1) is 25.7 Å². The van der Waals surface area contributed by atoms with Crippen LogP contribution < -0.4 is 43.4 Å². The molecular weight excluding hydrogens is 644 g/mol. The summed E-state index contributed by atoms with van der Waals surface area (Å²) in [6.45, 7) is 3.97. The number of nitrogens with two attached hydrogens (primary N) is 2. The van der Waals surface area contributed by atoms with E-state index in [1.807, 2.05) is 5.32 Å². The summed E-state index contributed by atoms with van der Waals surface area (Å²) in [5.41, 5.74) is 10.6. The van der Waals surface area contributed by atoms with E-state index in [4.69, 9.17) is 21.7 Å². The topological polar surface area (TPSA) is 359 Å². The first-order valence-corrected chi connectivity index (χ1v) is 14.8. The van der Waals surface area contributed by atoms with Crippen LogP contribution in [0.15, 0.2) is 0 Å². The van der Waals surface area contributed by atoms with Crippen LogP contribution >= 0.6 is 0 Å². The number of amides is 7. The number of carboxylic acids is 2. The number of aliphatic hydroxyl groups is 2. The van der Waals surface area contributed by atoms with Crippen molar-refractivity contribution in [3.05, 3.63) is 0 Å². The van der Waals surface area contributed by atoms with E-state index in [1.54, 1.807) is 13.8 Å². The molecule has 0 fully saturated rings. The highest BCUT2D eigenvalue weighted by molar-refractivity contribution is 5.97. The summed E-state index contributed by atoms with van der Waals surface area (Å²) in [5.74, 6) is -9.72. The molecule has 272 valence electrons. The van der Waals surface area contributed by atoms with Gasteiger partial charge < -0.3 is 63.8 Å². The quantitative estimate of drug-likeness (QED) is 0.0503. The van der Waals surface area contributed by atoms with Crippen molar-refractivity contribution in [1.82, 2.24) is 31.9 Å². The molecular formula is C27H46N8O13. The first kappa shape index (κ1) is 43.1. The first-order chi connectivity index (χ1) is 22.2. The number of carbonyl (C=O) groups is 9. The average Bonchev–Trinajstić information content (AvgIpc) is 2.98. The van der Waals surface area contributed by atoms with E-state index < -0.39 is 115 Å². The molecule has 0 heterocycles. The molecule has 7 atom stereocenters. The molecule has 0 rings (SSSR count). The Hall–Kier alpha value is -4.89. The lowest BCUT2D eigenvalue weighted by Gasteiger charge is -2.26. The second kappa shape index (κ2) is 21.1. The molecule has 0 radical (unpaired) electrons. The molecule has 0 aliphatic carbocycles. The van der Waals surface area contributed by atoms with Crippen molar-refractivity contribution >= 4 is 53.3 Å². The summed E-state index contributed by atoms with van der Waals surface area (Å²) in [7, 11) is 0. The van der Waals surface area contributed by atoms with Crippen LogP contribution in [0, 0.1) is 5.92 Å². The van der Waals surface area contributed by atoms with Gasteiger partial charge in [0.1, 0.15) is 36.3 Å². The number of nitrogens with one attached hydrogen (secondary N) is 6. The van der Waals surface area contributed by atoms with Crippen LogP contribution in [-0.2, 0) is 43.2 Å². The van der Waals surface area contributed by atoms with Crippen molar-refractivity contribution in [1.29, 1.82) is 0 Å². The zero-order valence-corrected chi connectivity index (χ0v) is 27.0.